The van der Waals surface area contributed by atoms with Crippen molar-refractivity contribution >= 4 is 23.7 Å². The van der Waals surface area contributed by atoms with Gasteiger partial charge in [0.15, 0.2) is 0 Å². The Balaban J connectivity index is 1.31. The van der Waals surface area contributed by atoms with Gasteiger partial charge in [0.1, 0.15) is 5.75 Å². The molecule has 0 radical (unpaired) electrons. The van der Waals surface area contributed by atoms with Gasteiger partial charge in [-0.15, -0.1) is 0 Å². The Labute approximate surface area is 148 Å². The number of hydrogen-bond donors (Lipinski definition) is 1. The number of hydrogen-bond acceptors (Lipinski definition) is 3. The highest BCUT2D eigenvalue weighted by atomic mass is 35.5. The van der Waals surface area contributed by atoms with Gasteiger partial charge in [0.2, 0.25) is 5.91 Å². The molecular formula is C19H25ClN2O2. The van der Waals surface area contributed by atoms with E-state index in [1.54, 1.807) is 6.07 Å². The van der Waals surface area contributed by atoms with Crippen LogP contribution in [0.1, 0.15) is 44.1 Å². The molecule has 1 N–H and O–H groups in total. The molecule has 130 valence electrons. The molecule has 3 rings (SSSR count). The largest absolute Gasteiger partial charge is 0.493 e. The van der Waals surface area contributed by atoms with Gasteiger partial charge < -0.3 is 4.74 Å². The van der Waals surface area contributed by atoms with E-state index in [-0.39, 0.29) is 5.91 Å². The number of ether oxygens (including phenoxy) is 1. The average Bonchev–Trinajstić information content (AvgIpc) is 3.16. The second-order valence-corrected chi connectivity index (χ2v) is 7.45. The maximum absolute atomic E-state index is 11.8. The maximum atomic E-state index is 11.8. The van der Waals surface area contributed by atoms with E-state index in [0.29, 0.717) is 30.4 Å². The van der Waals surface area contributed by atoms with Crippen molar-refractivity contribution in [1.82, 2.24) is 5.43 Å². The van der Waals surface area contributed by atoms with Crippen LogP contribution in [0.25, 0.3) is 0 Å². The molecule has 1 aromatic carbocycles. The molecule has 3 unspecified atom stereocenters. The predicted molar refractivity (Wildman–Crippen MR) is 96.5 cm³/mol. The SMILES string of the molecule is Cc1cc(Cl)ccc1OCCCC(=O)NN=CC1CC2CCC1C2. The minimum absolute atomic E-state index is 0.0502. The highest BCUT2D eigenvalue weighted by Gasteiger charge is 2.38. The summed E-state index contributed by atoms with van der Waals surface area (Å²) in [6.45, 7) is 2.46. The van der Waals surface area contributed by atoms with E-state index in [9.17, 15) is 4.79 Å². The van der Waals surface area contributed by atoms with Crippen LogP contribution in [0, 0.1) is 24.7 Å². The monoisotopic (exact) mass is 348 g/mol. The highest BCUT2D eigenvalue weighted by Crippen LogP contribution is 2.47. The number of amides is 1. The van der Waals surface area contributed by atoms with Crippen LogP contribution >= 0.6 is 11.6 Å². The molecule has 1 amide bonds. The number of carbonyl (C=O) groups is 1. The Kier molecular flexibility index (Phi) is 5.77. The number of halogens is 1. The minimum Gasteiger partial charge on any atom is -0.493 e. The lowest BCUT2D eigenvalue weighted by Crippen LogP contribution is -2.20. The van der Waals surface area contributed by atoms with E-state index in [0.717, 1.165) is 23.1 Å². The van der Waals surface area contributed by atoms with Gasteiger partial charge in [-0.3, -0.25) is 4.79 Å². The lowest BCUT2D eigenvalue weighted by Gasteiger charge is -2.16. The van der Waals surface area contributed by atoms with Gasteiger partial charge >= 0.3 is 0 Å². The number of nitrogens with one attached hydrogen (secondary N) is 1. The van der Waals surface area contributed by atoms with Crippen LogP contribution in [-0.4, -0.2) is 18.7 Å². The summed E-state index contributed by atoms with van der Waals surface area (Å²) < 4.78 is 5.68. The summed E-state index contributed by atoms with van der Waals surface area (Å²) in [5.41, 5.74) is 3.65. The van der Waals surface area contributed by atoms with Crippen molar-refractivity contribution in [3.63, 3.8) is 0 Å². The Morgan fingerprint density at radius 1 is 1.42 bits per heavy atom. The van der Waals surface area contributed by atoms with Crippen LogP contribution < -0.4 is 10.2 Å². The van der Waals surface area contributed by atoms with Crippen LogP contribution in [0.15, 0.2) is 23.3 Å². The van der Waals surface area contributed by atoms with Crippen LogP contribution in [-0.2, 0) is 4.79 Å². The molecule has 2 fully saturated rings. The summed E-state index contributed by atoms with van der Waals surface area (Å²) in [4.78, 5) is 11.8. The number of carbonyl (C=O) groups excluding carboxylic acids is 1. The van der Waals surface area contributed by atoms with E-state index in [1.165, 1.54) is 25.7 Å². The van der Waals surface area contributed by atoms with Crippen molar-refractivity contribution in [3.8, 4) is 5.75 Å². The van der Waals surface area contributed by atoms with Crippen molar-refractivity contribution in [2.75, 3.05) is 6.61 Å². The van der Waals surface area contributed by atoms with E-state index in [4.69, 9.17) is 16.3 Å². The van der Waals surface area contributed by atoms with Crippen molar-refractivity contribution in [1.29, 1.82) is 0 Å². The lowest BCUT2D eigenvalue weighted by molar-refractivity contribution is -0.121. The maximum Gasteiger partial charge on any atom is 0.240 e. The first-order chi connectivity index (χ1) is 11.6. The zero-order valence-electron chi connectivity index (χ0n) is 14.1. The molecule has 0 heterocycles. The topological polar surface area (TPSA) is 50.7 Å². The summed E-state index contributed by atoms with van der Waals surface area (Å²) in [6, 6.07) is 5.53. The third-order valence-corrected chi connectivity index (χ3v) is 5.43. The number of hydrazone groups is 1. The van der Waals surface area contributed by atoms with Crippen molar-refractivity contribution < 1.29 is 9.53 Å². The third kappa shape index (κ3) is 4.50. The normalized spacial score (nSPS) is 25.3. The number of rotatable bonds is 7. The molecule has 24 heavy (non-hydrogen) atoms. The second kappa shape index (κ2) is 8.02. The van der Waals surface area contributed by atoms with Crippen molar-refractivity contribution in [3.05, 3.63) is 28.8 Å². The summed E-state index contributed by atoms with van der Waals surface area (Å²) >= 11 is 5.91. The van der Waals surface area contributed by atoms with Gasteiger partial charge in [-0.1, -0.05) is 18.0 Å². The lowest BCUT2D eigenvalue weighted by atomic mass is 9.90. The van der Waals surface area contributed by atoms with Crippen LogP contribution in [0.5, 0.6) is 5.75 Å². The quantitative estimate of drug-likeness (QED) is 0.452. The molecule has 4 nitrogen and oxygen atoms in total. The highest BCUT2D eigenvalue weighted by molar-refractivity contribution is 6.30. The van der Waals surface area contributed by atoms with Gasteiger partial charge in [0.25, 0.3) is 0 Å². The van der Waals surface area contributed by atoms with Crippen LogP contribution in [0.2, 0.25) is 5.02 Å². The molecule has 0 saturated heterocycles. The number of fused-ring (bicyclic) bond motifs is 2. The van der Waals surface area contributed by atoms with Crippen molar-refractivity contribution in [2.24, 2.45) is 22.9 Å². The molecule has 2 aliphatic rings. The Morgan fingerprint density at radius 2 is 2.29 bits per heavy atom. The summed E-state index contributed by atoms with van der Waals surface area (Å²) in [5.74, 6) is 3.03. The fourth-order valence-corrected chi connectivity index (χ4v) is 4.15. The van der Waals surface area contributed by atoms with E-state index >= 15 is 0 Å². The predicted octanol–water partition coefficient (Wildman–Crippen LogP) is 4.35. The third-order valence-electron chi connectivity index (χ3n) is 5.19. The summed E-state index contributed by atoms with van der Waals surface area (Å²) in [5, 5.41) is 4.85. The first-order valence-electron chi connectivity index (χ1n) is 8.83. The Morgan fingerprint density at radius 3 is 3.00 bits per heavy atom. The van der Waals surface area contributed by atoms with E-state index in [1.807, 2.05) is 25.3 Å². The van der Waals surface area contributed by atoms with Crippen LogP contribution in [0.3, 0.4) is 0 Å². The van der Waals surface area contributed by atoms with Gasteiger partial charge in [0, 0.05) is 17.7 Å². The Bertz CT molecular complexity index is 617. The first-order valence-corrected chi connectivity index (χ1v) is 9.20. The molecule has 5 heteroatoms. The minimum atomic E-state index is -0.0502. The van der Waals surface area contributed by atoms with E-state index < -0.39 is 0 Å². The molecule has 0 aromatic heterocycles. The molecular weight excluding hydrogens is 324 g/mol. The van der Waals surface area contributed by atoms with Gasteiger partial charge in [-0.25, -0.2) is 5.43 Å². The Hall–Kier alpha value is -1.55. The molecule has 1 aromatic rings. The average molecular weight is 349 g/mol. The number of aryl methyl sites for hydroxylation is 1. The molecule has 2 bridgehead atoms. The smallest absolute Gasteiger partial charge is 0.240 e. The fourth-order valence-electron chi connectivity index (χ4n) is 3.93. The zero-order chi connectivity index (χ0) is 16.9. The van der Waals surface area contributed by atoms with Crippen molar-refractivity contribution in [2.45, 2.75) is 45.4 Å². The first kappa shape index (κ1) is 17.3. The molecule has 0 aliphatic heterocycles. The molecule has 0 spiro atoms. The zero-order valence-corrected chi connectivity index (χ0v) is 14.9. The van der Waals surface area contributed by atoms with Gasteiger partial charge in [0.05, 0.1) is 6.61 Å². The summed E-state index contributed by atoms with van der Waals surface area (Å²) in [7, 11) is 0. The number of benzene rings is 1. The molecule has 2 saturated carbocycles. The molecule has 3 atom stereocenters. The standard InChI is InChI=1S/C19H25ClN2O2/c1-13-9-17(20)6-7-18(13)24-8-2-3-19(23)22-21-12-16-11-14-4-5-15(16)10-14/h6-7,9,12,14-16H,2-5,8,10-11H2,1H3,(H,22,23). The van der Waals surface area contributed by atoms with E-state index in [2.05, 4.69) is 10.5 Å². The molecule has 2 aliphatic carbocycles. The fraction of sp³-hybridized carbons (Fsp3) is 0.579. The summed E-state index contributed by atoms with van der Waals surface area (Å²) in [6.07, 6.45) is 8.35. The van der Waals surface area contributed by atoms with Gasteiger partial charge in [-0.2, -0.15) is 5.10 Å². The number of nitrogens with zero attached hydrogens (tertiary/aromatic N) is 1. The van der Waals surface area contributed by atoms with Gasteiger partial charge in [-0.05, 0) is 74.1 Å². The van der Waals surface area contributed by atoms with Crippen LogP contribution in [0.4, 0.5) is 0 Å². The second-order valence-electron chi connectivity index (χ2n) is 7.01.